The molecule has 10 nitrogen and oxygen atoms in total. The van der Waals surface area contributed by atoms with Crippen LogP contribution < -0.4 is 10.6 Å². The molecule has 2 amide bonds. The summed E-state index contributed by atoms with van der Waals surface area (Å²) in [4.78, 5) is 45.1. The van der Waals surface area contributed by atoms with Gasteiger partial charge in [-0.25, -0.2) is 14.8 Å². The Balaban J connectivity index is 0.000000561. The SMILES string of the molecule is CC(C)C1=N[C@@H](C(C)C)CO1.CCCNC(=O)C(C)C.COC(=O)[C@H](Cc1cnc[nH]1)NC(=O)C(C)C. The number of carbonyl (C=O) groups is 3. The van der Waals surface area contributed by atoms with Crippen molar-refractivity contribution < 1.29 is 23.9 Å². The summed E-state index contributed by atoms with van der Waals surface area (Å²) in [5.74, 6) is 1.43. The molecule has 0 aromatic carbocycles. The van der Waals surface area contributed by atoms with Crippen molar-refractivity contribution in [2.45, 2.75) is 87.2 Å². The van der Waals surface area contributed by atoms with Crippen LogP contribution in [0.4, 0.5) is 0 Å². The lowest BCUT2D eigenvalue weighted by Crippen LogP contribution is -2.44. The lowest BCUT2D eigenvalue weighted by Gasteiger charge is -2.17. The molecule has 212 valence electrons. The van der Waals surface area contributed by atoms with Crippen molar-refractivity contribution in [1.29, 1.82) is 0 Å². The third-order valence-corrected chi connectivity index (χ3v) is 5.34. The normalized spacial score (nSPS) is 15.2. The van der Waals surface area contributed by atoms with E-state index in [1.165, 1.54) is 13.4 Å². The van der Waals surface area contributed by atoms with Crippen LogP contribution in [0.5, 0.6) is 0 Å². The van der Waals surface area contributed by atoms with E-state index in [4.69, 9.17) is 4.74 Å². The molecule has 2 atom stereocenters. The summed E-state index contributed by atoms with van der Waals surface area (Å²) in [5.41, 5.74) is 0.768. The molecule has 0 spiro atoms. The molecule has 0 unspecified atom stereocenters. The second-order valence-electron chi connectivity index (χ2n) is 10.2. The summed E-state index contributed by atoms with van der Waals surface area (Å²) in [6, 6.07) is -0.289. The zero-order valence-corrected chi connectivity index (χ0v) is 24.4. The van der Waals surface area contributed by atoms with E-state index in [-0.39, 0.29) is 23.7 Å². The van der Waals surface area contributed by atoms with Crippen molar-refractivity contribution in [2.24, 2.45) is 28.7 Å². The van der Waals surface area contributed by atoms with Gasteiger partial charge >= 0.3 is 5.97 Å². The molecular weight excluding hydrogens is 474 g/mol. The van der Waals surface area contributed by atoms with Crippen molar-refractivity contribution >= 4 is 23.7 Å². The van der Waals surface area contributed by atoms with Crippen LogP contribution in [-0.2, 0) is 30.3 Å². The lowest BCUT2D eigenvalue weighted by molar-refractivity contribution is -0.145. The minimum Gasteiger partial charge on any atom is -0.478 e. The molecular formula is C27H49N5O5. The Morgan fingerprint density at radius 2 is 1.70 bits per heavy atom. The topological polar surface area (TPSA) is 135 Å². The molecule has 2 heterocycles. The van der Waals surface area contributed by atoms with Gasteiger partial charge in [0.15, 0.2) is 5.90 Å². The number of aromatic nitrogens is 2. The molecule has 1 aromatic heterocycles. The molecule has 1 aliphatic rings. The fraction of sp³-hybridized carbons (Fsp3) is 0.741. The minimum absolute atomic E-state index is 0.122. The van der Waals surface area contributed by atoms with E-state index in [9.17, 15) is 14.4 Å². The number of imidazole rings is 1. The standard InChI is InChI=1S/C11H17N3O3.C9H17NO.C7H15NO/c1-7(2)10(15)14-9(11(16)17-3)4-8-5-12-6-13-8;1-6(2)8-5-11-9(10-8)7(3)4;1-4-5-8-7(9)6(2)3/h5-7,9H,4H2,1-3H3,(H,12,13)(H,14,15);6-8H,5H2,1-4H3;6H,4-5H2,1-3H3,(H,8,9)/t9-;8-;/m01./s1. The second kappa shape index (κ2) is 18.4. The second-order valence-corrected chi connectivity index (χ2v) is 10.2. The Morgan fingerprint density at radius 3 is 2.08 bits per heavy atom. The van der Waals surface area contributed by atoms with Crippen molar-refractivity contribution in [3.63, 3.8) is 0 Å². The zero-order chi connectivity index (χ0) is 28.5. The largest absolute Gasteiger partial charge is 0.478 e. The number of methoxy groups -OCH3 is 1. The number of amides is 2. The van der Waals surface area contributed by atoms with Crippen molar-refractivity contribution in [3.8, 4) is 0 Å². The molecule has 37 heavy (non-hydrogen) atoms. The number of aromatic amines is 1. The molecule has 1 aliphatic heterocycles. The molecule has 0 saturated carbocycles. The maximum Gasteiger partial charge on any atom is 0.328 e. The summed E-state index contributed by atoms with van der Waals surface area (Å²) < 4.78 is 10.1. The molecule has 0 aliphatic carbocycles. The van der Waals surface area contributed by atoms with Gasteiger partial charge in [-0.3, -0.25) is 9.59 Å². The molecule has 0 radical (unpaired) electrons. The van der Waals surface area contributed by atoms with Gasteiger partial charge in [-0.2, -0.15) is 0 Å². The van der Waals surface area contributed by atoms with Crippen LogP contribution in [-0.4, -0.2) is 66.0 Å². The molecule has 0 saturated heterocycles. The molecule has 3 N–H and O–H groups in total. The Morgan fingerprint density at radius 1 is 1.08 bits per heavy atom. The van der Waals surface area contributed by atoms with Crippen molar-refractivity contribution in [3.05, 3.63) is 18.2 Å². The number of aliphatic imine (C=N–C) groups is 1. The lowest BCUT2D eigenvalue weighted by atomic mass is 10.1. The van der Waals surface area contributed by atoms with Crippen LogP contribution in [0, 0.1) is 23.7 Å². The average Bonchev–Trinajstić information content (AvgIpc) is 3.54. The zero-order valence-electron chi connectivity index (χ0n) is 24.4. The van der Waals surface area contributed by atoms with Crippen LogP contribution in [0.2, 0.25) is 0 Å². The van der Waals surface area contributed by atoms with Crippen LogP contribution in [0.25, 0.3) is 0 Å². The third-order valence-electron chi connectivity index (χ3n) is 5.34. The van der Waals surface area contributed by atoms with Gasteiger partial charge in [0, 0.05) is 42.6 Å². The number of carbonyl (C=O) groups excluding carboxylic acids is 3. The van der Waals surface area contributed by atoms with E-state index in [1.807, 2.05) is 20.8 Å². The molecule has 10 heteroatoms. The fourth-order valence-corrected chi connectivity index (χ4v) is 2.81. The van der Waals surface area contributed by atoms with E-state index in [0.29, 0.717) is 24.3 Å². The first-order valence-corrected chi connectivity index (χ1v) is 13.2. The van der Waals surface area contributed by atoms with Gasteiger partial charge in [0.25, 0.3) is 0 Å². The van der Waals surface area contributed by atoms with E-state index in [0.717, 1.165) is 31.2 Å². The van der Waals surface area contributed by atoms with Crippen LogP contribution in [0.1, 0.15) is 74.4 Å². The smallest absolute Gasteiger partial charge is 0.328 e. The fourth-order valence-electron chi connectivity index (χ4n) is 2.81. The van der Waals surface area contributed by atoms with Gasteiger partial charge in [-0.1, -0.05) is 62.3 Å². The van der Waals surface area contributed by atoms with Crippen LogP contribution >= 0.6 is 0 Å². The highest BCUT2D eigenvalue weighted by Crippen LogP contribution is 2.16. The van der Waals surface area contributed by atoms with E-state index in [2.05, 4.69) is 58.0 Å². The monoisotopic (exact) mass is 523 g/mol. The molecule has 0 bridgehead atoms. The van der Waals surface area contributed by atoms with E-state index in [1.54, 1.807) is 20.0 Å². The van der Waals surface area contributed by atoms with Gasteiger partial charge in [0.05, 0.1) is 19.5 Å². The summed E-state index contributed by atoms with van der Waals surface area (Å²) >= 11 is 0. The highest BCUT2D eigenvalue weighted by molar-refractivity contribution is 5.85. The predicted molar refractivity (Wildman–Crippen MR) is 146 cm³/mol. The van der Waals surface area contributed by atoms with Gasteiger partial charge in [-0.15, -0.1) is 0 Å². The number of rotatable bonds is 10. The van der Waals surface area contributed by atoms with Gasteiger partial charge in [0.1, 0.15) is 12.6 Å². The Hall–Kier alpha value is -2.91. The van der Waals surface area contributed by atoms with E-state index >= 15 is 0 Å². The number of hydrogen-bond donors (Lipinski definition) is 3. The number of esters is 1. The first-order valence-electron chi connectivity index (χ1n) is 13.2. The molecule has 1 aromatic rings. The number of nitrogens with zero attached hydrogens (tertiary/aromatic N) is 2. The Bertz CT molecular complexity index is 819. The van der Waals surface area contributed by atoms with Gasteiger partial charge in [-0.05, 0) is 12.3 Å². The quantitative estimate of drug-likeness (QED) is 0.402. The maximum absolute atomic E-state index is 11.6. The van der Waals surface area contributed by atoms with Crippen LogP contribution in [0.15, 0.2) is 17.5 Å². The van der Waals surface area contributed by atoms with Gasteiger partial charge in [0.2, 0.25) is 11.8 Å². The molecule has 0 fully saturated rings. The summed E-state index contributed by atoms with van der Waals surface area (Å²) in [6.45, 7) is 19.5. The molecule has 2 rings (SSSR count). The predicted octanol–water partition coefficient (Wildman–Crippen LogP) is 3.53. The minimum atomic E-state index is -0.685. The van der Waals surface area contributed by atoms with Crippen molar-refractivity contribution in [1.82, 2.24) is 20.6 Å². The Labute approximate surface area is 222 Å². The third kappa shape index (κ3) is 14.4. The summed E-state index contributed by atoms with van der Waals surface area (Å²) in [5, 5.41) is 5.44. The van der Waals surface area contributed by atoms with E-state index < -0.39 is 12.0 Å². The highest BCUT2D eigenvalue weighted by Gasteiger charge is 2.24. The highest BCUT2D eigenvalue weighted by atomic mass is 16.5. The number of H-pyrrole nitrogens is 1. The first kappa shape index (κ1) is 34.1. The summed E-state index contributed by atoms with van der Waals surface area (Å²) in [6.07, 6.45) is 4.48. The van der Waals surface area contributed by atoms with Crippen LogP contribution in [0.3, 0.4) is 0 Å². The number of nitrogens with one attached hydrogen (secondary N) is 3. The summed E-state index contributed by atoms with van der Waals surface area (Å²) in [7, 11) is 1.30. The average molecular weight is 524 g/mol. The number of ether oxygens (including phenoxy) is 2. The number of hydrogen-bond acceptors (Lipinski definition) is 7. The first-order chi connectivity index (χ1) is 17.3. The van der Waals surface area contributed by atoms with Crippen molar-refractivity contribution in [2.75, 3.05) is 20.3 Å². The Kier molecular flexibility index (Phi) is 16.9. The maximum atomic E-state index is 11.6. The van der Waals surface area contributed by atoms with Gasteiger partial charge < -0.3 is 25.1 Å².